The van der Waals surface area contributed by atoms with Crippen molar-refractivity contribution in [2.75, 3.05) is 72.2 Å². The number of nitrogens with one attached hydrogen (secondary N) is 5. The summed E-state index contributed by atoms with van der Waals surface area (Å²) >= 11 is 1.66. The molecule has 0 aliphatic carbocycles. The number of nitrogens with zero attached hydrogens (tertiary/aromatic N) is 26. The normalized spacial score (nSPS) is 11.1. The van der Waals surface area contributed by atoms with Crippen LogP contribution in [0.2, 0.25) is 0 Å². The minimum absolute atomic E-state index is 0.0123. The summed E-state index contributed by atoms with van der Waals surface area (Å²) in [7, 11) is 6.21. The molecule has 20 heterocycles. The number of rotatable bonds is 29. The lowest BCUT2D eigenvalue weighted by molar-refractivity contribution is 0.365. The van der Waals surface area contributed by atoms with Gasteiger partial charge in [-0.3, -0.25) is 15.0 Å². The molecule has 136 heavy (non-hydrogen) atoms. The van der Waals surface area contributed by atoms with E-state index in [9.17, 15) is 5.11 Å². The van der Waals surface area contributed by atoms with Crippen molar-refractivity contribution in [1.82, 2.24) is 128 Å². The van der Waals surface area contributed by atoms with Crippen LogP contribution in [-0.2, 0) is 65.4 Å². The van der Waals surface area contributed by atoms with E-state index in [1.54, 1.807) is 51.1 Å². The molecule has 0 fully saturated rings. The Balaban J connectivity index is 0.000000123. The molecule has 20 rings (SSSR count). The fourth-order valence-corrected chi connectivity index (χ4v) is 15.4. The lowest BCUT2D eigenvalue weighted by atomic mass is 10.2. The van der Waals surface area contributed by atoms with Gasteiger partial charge in [0.2, 0.25) is 35.5 Å². The largest absolute Gasteiger partial charge is 0.503 e. The highest BCUT2D eigenvalue weighted by Gasteiger charge is 2.23. The predicted molar refractivity (Wildman–Crippen MR) is 511 cm³/mol. The summed E-state index contributed by atoms with van der Waals surface area (Å²) in [5.41, 5.74) is 35.3. The molecule has 0 spiro atoms. The van der Waals surface area contributed by atoms with Crippen molar-refractivity contribution in [1.29, 1.82) is 0 Å². The van der Waals surface area contributed by atoms with E-state index in [-0.39, 0.29) is 23.6 Å². The molecule has 0 aliphatic rings. The van der Waals surface area contributed by atoms with Gasteiger partial charge in [0.05, 0.1) is 150 Å². The highest BCUT2D eigenvalue weighted by atomic mass is 32.1. The molecular weight excluding hydrogens is 1760 g/mol. The number of nitrogen functional groups attached to an aromatic ring is 3. The van der Waals surface area contributed by atoms with Crippen molar-refractivity contribution < 1.29 is 42.1 Å². The molecule has 0 aliphatic heterocycles. The van der Waals surface area contributed by atoms with E-state index in [2.05, 4.69) is 153 Å². The third-order valence-corrected chi connectivity index (χ3v) is 21.7. The van der Waals surface area contributed by atoms with Crippen molar-refractivity contribution in [2.24, 2.45) is 0 Å². The third-order valence-electron chi connectivity index (χ3n) is 20.9. The zero-order valence-corrected chi connectivity index (χ0v) is 77.5. The highest BCUT2D eigenvalue weighted by Crippen LogP contribution is 2.35. The zero-order chi connectivity index (χ0) is 95.0. The lowest BCUT2D eigenvalue weighted by Gasteiger charge is -2.13. The van der Waals surface area contributed by atoms with Crippen molar-refractivity contribution in [3.05, 3.63) is 272 Å². The van der Waals surface area contributed by atoms with E-state index >= 15 is 0 Å². The summed E-state index contributed by atoms with van der Waals surface area (Å²) in [6, 6.07) is 32.6. The molecule has 0 atom stereocenters. The van der Waals surface area contributed by atoms with Crippen molar-refractivity contribution in [3.8, 4) is 29.1 Å². The van der Waals surface area contributed by atoms with E-state index in [0.29, 0.717) is 129 Å². The Labute approximate surface area is 780 Å². The van der Waals surface area contributed by atoms with Crippen LogP contribution in [0.3, 0.4) is 0 Å². The van der Waals surface area contributed by atoms with Crippen LogP contribution in [0.1, 0.15) is 108 Å². The number of thiazole rings is 1. The number of anilines is 8. The van der Waals surface area contributed by atoms with Crippen LogP contribution >= 0.6 is 11.3 Å². The topological polar surface area (TPSA) is 543 Å². The molecule has 0 saturated heterocycles. The highest BCUT2D eigenvalue weighted by molar-refractivity contribution is 7.09. The van der Waals surface area contributed by atoms with Crippen LogP contribution in [0.25, 0.3) is 55.2 Å². The van der Waals surface area contributed by atoms with Crippen molar-refractivity contribution in [3.63, 3.8) is 0 Å². The second-order valence-electron chi connectivity index (χ2n) is 31.2. The molecule has 696 valence electrons. The molecule has 0 aromatic carbocycles. The Hall–Kier alpha value is -17.4. The standard InChI is InChI=1S/C19H21N7O3.C19H20N6O.C18H20N8O3.C18H19N7O2.C18H18N6S/c1-10-7-21-14(16(27)17(10)28-3)9-26-5-4-13-15(26)18(24-19(20)23-13)22-8-12-6-11(2)29-25-12;1-12-4-5-15(20-9-12)11-25-7-6-17-18(25)19(23-14(3)22-17)21-10-16-8-13(2)26-24-16;1-10-6-11(25-29-10)8-20-17-16-12(21-18(19)24-17)4-5-26(16)9-13-22-14(27-2)7-15(23-13)28-3;1-11-8-13(24-27-11)9-21-16-15-14(22-18(19)23-16)5-7-25(15)10-12-4-3-6-20-17(12)26-2;1-12-21-16-6-8-24(10-14-5-3-4-7-19-14)17(16)18(22-12)20-9-15-11-25-13(2)23-15/h4-7,27H,8-9H2,1-3H3,(H3,20,22,23,24);4-9H,10-11H2,1-3H3,(H,21,22,23);4-7H,8-9H2,1-3H3,(H3,19,20,21,24);3-8H,9-10H2,1-2H3,(H3,19,21,22,23);3-8,11H,9-10H2,1-2H3,(H,20,21,22). The Morgan fingerprint density at radius 3 is 1.18 bits per heavy atom. The summed E-state index contributed by atoms with van der Waals surface area (Å²) in [5, 5.41) is 46.2. The number of fused-ring (bicyclic) bond motifs is 5. The van der Waals surface area contributed by atoms with Crippen LogP contribution < -0.4 is 62.7 Å². The number of hydrogen-bond acceptors (Lipinski definition) is 39. The van der Waals surface area contributed by atoms with Crippen LogP contribution in [0.4, 0.5) is 46.9 Å². The van der Waals surface area contributed by atoms with Gasteiger partial charge in [-0.1, -0.05) is 38.8 Å². The molecule has 0 saturated carbocycles. The smallest absolute Gasteiger partial charge is 0.222 e. The van der Waals surface area contributed by atoms with Gasteiger partial charge >= 0.3 is 0 Å². The fourth-order valence-electron chi connectivity index (χ4n) is 14.8. The van der Waals surface area contributed by atoms with Crippen molar-refractivity contribution in [2.45, 2.75) is 128 Å². The average Bonchev–Trinajstić information content (AvgIpc) is 1.63. The second kappa shape index (κ2) is 41.8. The second-order valence-corrected chi connectivity index (χ2v) is 32.3. The Bertz CT molecular complexity index is 7500. The van der Waals surface area contributed by atoms with Gasteiger partial charge < -0.3 is 109 Å². The Morgan fingerprint density at radius 1 is 0.368 bits per heavy atom. The molecular formula is C92H98N34O9S. The lowest BCUT2D eigenvalue weighted by Crippen LogP contribution is -2.10. The number of methoxy groups -OCH3 is 4. The predicted octanol–water partition coefficient (Wildman–Crippen LogP) is 13.5. The summed E-state index contributed by atoms with van der Waals surface area (Å²) in [5.74, 6) is 10.8. The minimum Gasteiger partial charge on any atom is -0.503 e. The first-order valence-electron chi connectivity index (χ1n) is 42.7. The van der Waals surface area contributed by atoms with E-state index in [0.717, 1.165) is 152 Å². The first kappa shape index (κ1) is 91.9. The molecule has 0 amide bonds. The van der Waals surface area contributed by atoms with E-state index in [1.807, 2.05) is 210 Å². The maximum Gasteiger partial charge on any atom is 0.222 e. The zero-order valence-electron chi connectivity index (χ0n) is 76.6. The summed E-state index contributed by atoms with van der Waals surface area (Å²) in [6.45, 7) is 22.1. The van der Waals surface area contributed by atoms with Gasteiger partial charge in [0.25, 0.3) is 0 Å². The first-order valence-corrected chi connectivity index (χ1v) is 43.6. The maximum atomic E-state index is 10.5. The van der Waals surface area contributed by atoms with Gasteiger partial charge in [-0.25, -0.2) is 44.9 Å². The van der Waals surface area contributed by atoms with Crippen molar-refractivity contribution >= 4 is 113 Å². The molecule has 12 N–H and O–H groups in total. The number of aromatic hydroxyl groups is 1. The van der Waals surface area contributed by atoms with Crippen LogP contribution in [-0.4, -0.2) is 162 Å². The van der Waals surface area contributed by atoms with Gasteiger partial charge in [-0.15, -0.1) is 11.3 Å². The van der Waals surface area contributed by atoms with Gasteiger partial charge in [0, 0.05) is 96.5 Å². The van der Waals surface area contributed by atoms with Crippen LogP contribution in [0.5, 0.6) is 29.1 Å². The van der Waals surface area contributed by atoms with Gasteiger partial charge in [-0.2, -0.15) is 24.9 Å². The molecule has 44 heteroatoms. The molecule has 43 nitrogen and oxygen atoms in total. The quantitative estimate of drug-likeness (QED) is 0.0210. The molecule has 0 unspecified atom stereocenters. The van der Waals surface area contributed by atoms with Crippen LogP contribution in [0.15, 0.2) is 182 Å². The summed E-state index contributed by atoms with van der Waals surface area (Å²) in [6.07, 6.45) is 16.8. The number of hydrogen-bond donors (Lipinski definition) is 9. The molecule has 20 aromatic rings. The van der Waals surface area contributed by atoms with Gasteiger partial charge in [0.1, 0.15) is 90.7 Å². The average molecular weight is 1860 g/mol. The number of pyridine rings is 4. The summed E-state index contributed by atoms with van der Waals surface area (Å²) in [4.78, 5) is 75.1. The number of nitrogens with two attached hydrogens (primary N) is 3. The number of aromatic nitrogens is 26. The number of ether oxygens (including phenoxy) is 4. The van der Waals surface area contributed by atoms with Crippen LogP contribution in [0, 0.1) is 62.3 Å². The minimum atomic E-state index is 0.0123. The van der Waals surface area contributed by atoms with E-state index in [4.69, 9.17) is 54.2 Å². The maximum absolute atomic E-state index is 10.5. The van der Waals surface area contributed by atoms with Gasteiger partial charge in [0.15, 0.2) is 46.4 Å². The number of aryl methyl sites for hydroxylation is 9. The summed E-state index contributed by atoms with van der Waals surface area (Å²) < 4.78 is 51.6. The Kier molecular flexibility index (Phi) is 28.3. The SMILES string of the molecule is COc1c(C)cnc(Cn2ccc3nc(N)nc(NCc4cc(C)on4)c32)c1O.COc1cc(OC)nc(Cn2ccc3nc(N)nc(NCc4cc(C)on4)c32)n1.COc1ncccc1Cn1ccc2nc(N)nc(NCc3cc(C)on3)c21.Cc1ccc(Cn2ccc3nc(C)nc(NCc4cc(C)on4)c32)nc1.Cc1nc(NCc2csc(C)n2)c2c(ccn2Cc2ccccn2)n1. The molecule has 20 aromatic heterocycles. The Morgan fingerprint density at radius 2 is 0.787 bits per heavy atom. The van der Waals surface area contributed by atoms with E-state index in [1.165, 1.54) is 7.11 Å². The van der Waals surface area contributed by atoms with Gasteiger partial charge in [-0.05, 0) is 122 Å². The fraction of sp³-hybridized carbons (Fsp3) is 0.250. The van der Waals surface area contributed by atoms with E-state index < -0.39 is 0 Å². The molecule has 0 bridgehead atoms. The third kappa shape index (κ3) is 22.4. The monoisotopic (exact) mass is 1850 g/mol. The first-order chi connectivity index (χ1) is 65.9. The molecule has 0 radical (unpaired) electrons.